The molecule has 1 aromatic carbocycles. The van der Waals surface area contributed by atoms with E-state index in [4.69, 9.17) is 10.6 Å². The van der Waals surface area contributed by atoms with E-state index in [1.165, 1.54) is 18.2 Å². The highest BCUT2D eigenvalue weighted by molar-refractivity contribution is 5.62. The minimum absolute atomic E-state index is 0.137. The van der Waals surface area contributed by atoms with Crippen molar-refractivity contribution < 1.29 is 10.0 Å². The minimum atomic E-state index is -0.664. The molecule has 0 aliphatic carbocycles. The van der Waals surface area contributed by atoms with Crippen LogP contribution in [0.5, 0.6) is 0 Å². The Morgan fingerprint density at radius 1 is 1.64 bits per heavy atom. The lowest BCUT2D eigenvalue weighted by molar-refractivity contribution is -0.384. The summed E-state index contributed by atoms with van der Waals surface area (Å²) in [4.78, 5) is 12.3. The van der Waals surface area contributed by atoms with Gasteiger partial charge in [0.05, 0.1) is 11.5 Å². The highest BCUT2D eigenvalue weighted by Crippen LogP contribution is 2.31. The van der Waals surface area contributed by atoms with E-state index >= 15 is 0 Å². The molecule has 7 heteroatoms. The smallest absolute Gasteiger partial charge is 0.279 e. The van der Waals surface area contributed by atoms with Gasteiger partial charge in [-0.2, -0.15) is 0 Å². The zero-order chi connectivity index (χ0) is 10.6. The van der Waals surface area contributed by atoms with E-state index in [0.717, 1.165) is 0 Å². The number of rotatable bonds is 3. The number of hydrogen-bond donors (Lipinski definition) is 1. The molecule has 0 atom stereocenters. The van der Waals surface area contributed by atoms with Crippen LogP contribution in [0, 0.1) is 10.1 Å². The zero-order valence-corrected chi connectivity index (χ0v) is 6.99. The minimum Gasteiger partial charge on any atom is -0.392 e. The molecule has 1 rings (SSSR count). The second kappa shape index (κ2) is 4.22. The van der Waals surface area contributed by atoms with Crippen LogP contribution in [0.1, 0.15) is 5.56 Å². The molecule has 0 fully saturated rings. The number of benzene rings is 1. The standard InChI is InChI=1S/C7H6N4O3/c8-10-9-7-5(4-12)2-1-3-6(7)11(13)14/h1-3,12H,4H2. The van der Waals surface area contributed by atoms with Gasteiger partial charge in [0.2, 0.25) is 0 Å². The van der Waals surface area contributed by atoms with Gasteiger partial charge in [-0.15, -0.1) is 0 Å². The van der Waals surface area contributed by atoms with E-state index < -0.39 is 11.5 Å². The van der Waals surface area contributed by atoms with Gasteiger partial charge in [-0.3, -0.25) is 10.1 Å². The van der Waals surface area contributed by atoms with E-state index in [9.17, 15) is 10.1 Å². The fourth-order valence-electron chi connectivity index (χ4n) is 1.01. The average Bonchev–Trinajstić information content (AvgIpc) is 2.18. The molecule has 0 unspecified atom stereocenters. The summed E-state index contributed by atoms with van der Waals surface area (Å²) in [6, 6.07) is 4.08. The quantitative estimate of drug-likeness (QED) is 0.261. The maximum Gasteiger partial charge on any atom is 0.279 e. The Morgan fingerprint density at radius 3 is 2.86 bits per heavy atom. The predicted molar refractivity (Wildman–Crippen MR) is 47.8 cm³/mol. The number of azide groups is 1. The molecule has 0 amide bonds. The summed E-state index contributed by atoms with van der Waals surface area (Å²) < 4.78 is 0. The Kier molecular flexibility index (Phi) is 3.01. The van der Waals surface area contributed by atoms with E-state index in [0.29, 0.717) is 0 Å². The highest BCUT2D eigenvalue weighted by atomic mass is 16.6. The normalized spacial score (nSPS) is 9.21. The topological polar surface area (TPSA) is 112 Å². The molecule has 1 aromatic rings. The molecule has 0 aliphatic rings. The van der Waals surface area contributed by atoms with Crippen molar-refractivity contribution >= 4 is 11.4 Å². The summed E-state index contributed by atoms with van der Waals surface area (Å²) in [5.74, 6) is 0. The summed E-state index contributed by atoms with van der Waals surface area (Å²) in [5, 5.41) is 22.5. The van der Waals surface area contributed by atoms with Gasteiger partial charge in [0.1, 0.15) is 5.69 Å². The first-order valence-electron chi connectivity index (χ1n) is 3.63. The van der Waals surface area contributed by atoms with Crippen LogP contribution in [0.4, 0.5) is 11.4 Å². The van der Waals surface area contributed by atoms with Gasteiger partial charge < -0.3 is 5.11 Å². The number of hydrogen-bond acceptors (Lipinski definition) is 4. The monoisotopic (exact) mass is 194 g/mol. The van der Waals surface area contributed by atoms with Crippen molar-refractivity contribution in [1.82, 2.24) is 0 Å². The Hall–Kier alpha value is -2.11. The molecule has 0 aliphatic heterocycles. The third-order valence-electron chi connectivity index (χ3n) is 1.61. The summed E-state index contributed by atoms with van der Waals surface area (Å²) >= 11 is 0. The molecule has 0 bridgehead atoms. The van der Waals surface area contributed by atoms with Crippen molar-refractivity contribution in [1.29, 1.82) is 0 Å². The van der Waals surface area contributed by atoms with Crippen molar-refractivity contribution in [2.24, 2.45) is 5.11 Å². The molecule has 1 N–H and O–H groups in total. The van der Waals surface area contributed by atoms with E-state index in [1.54, 1.807) is 0 Å². The van der Waals surface area contributed by atoms with Crippen molar-refractivity contribution in [3.63, 3.8) is 0 Å². The summed E-state index contributed by atoms with van der Waals surface area (Å²) in [5.41, 5.74) is 7.99. The summed E-state index contributed by atoms with van der Waals surface area (Å²) in [7, 11) is 0. The van der Waals surface area contributed by atoms with Crippen LogP contribution < -0.4 is 0 Å². The van der Waals surface area contributed by atoms with Gasteiger partial charge in [0.25, 0.3) is 5.69 Å². The van der Waals surface area contributed by atoms with Crippen molar-refractivity contribution in [2.45, 2.75) is 6.61 Å². The van der Waals surface area contributed by atoms with Gasteiger partial charge >= 0.3 is 0 Å². The molecule has 0 aromatic heterocycles. The number of aliphatic hydroxyl groups is 1. The van der Waals surface area contributed by atoms with E-state index in [1.807, 2.05) is 0 Å². The molecule has 7 nitrogen and oxygen atoms in total. The van der Waals surface area contributed by atoms with Gasteiger partial charge in [-0.25, -0.2) is 0 Å². The van der Waals surface area contributed by atoms with Gasteiger partial charge in [-0.1, -0.05) is 17.2 Å². The van der Waals surface area contributed by atoms with Crippen LogP contribution in [0.2, 0.25) is 0 Å². The maximum atomic E-state index is 10.5. The average molecular weight is 194 g/mol. The Balaban J connectivity index is 3.42. The van der Waals surface area contributed by atoms with Crippen molar-refractivity contribution in [3.05, 3.63) is 44.3 Å². The summed E-state index contributed by atoms with van der Waals surface area (Å²) in [6.45, 7) is -0.407. The van der Waals surface area contributed by atoms with Crippen LogP contribution in [0.25, 0.3) is 10.4 Å². The van der Waals surface area contributed by atoms with Crippen LogP contribution in [0.3, 0.4) is 0 Å². The Labute approximate surface area is 78.4 Å². The lowest BCUT2D eigenvalue weighted by atomic mass is 10.1. The Bertz CT molecular complexity index is 411. The number of nitro benzene ring substituents is 1. The number of nitro groups is 1. The largest absolute Gasteiger partial charge is 0.392 e. The van der Waals surface area contributed by atoms with Crippen LogP contribution in [0.15, 0.2) is 23.3 Å². The molecular weight excluding hydrogens is 188 g/mol. The third kappa shape index (κ3) is 1.79. The molecule has 0 radical (unpaired) electrons. The van der Waals surface area contributed by atoms with Crippen LogP contribution in [-0.4, -0.2) is 10.0 Å². The second-order valence-electron chi connectivity index (χ2n) is 2.39. The first kappa shape index (κ1) is 9.97. The lowest BCUT2D eigenvalue weighted by Gasteiger charge is -2.01. The van der Waals surface area contributed by atoms with E-state index in [-0.39, 0.29) is 16.9 Å². The predicted octanol–water partition coefficient (Wildman–Crippen LogP) is 2.03. The van der Waals surface area contributed by atoms with Gasteiger partial charge in [0.15, 0.2) is 0 Å². The fourth-order valence-corrected chi connectivity index (χ4v) is 1.01. The molecule has 0 saturated carbocycles. The summed E-state index contributed by atoms with van der Waals surface area (Å²) in [6.07, 6.45) is 0. The highest BCUT2D eigenvalue weighted by Gasteiger charge is 2.14. The van der Waals surface area contributed by atoms with Crippen LogP contribution in [-0.2, 0) is 6.61 Å². The zero-order valence-electron chi connectivity index (χ0n) is 6.99. The molecule has 0 heterocycles. The second-order valence-corrected chi connectivity index (χ2v) is 2.39. The van der Waals surface area contributed by atoms with E-state index in [2.05, 4.69) is 10.0 Å². The van der Waals surface area contributed by atoms with Crippen molar-refractivity contribution in [2.75, 3.05) is 0 Å². The molecule has 72 valence electrons. The van der Waals surface area contributed by atoms with Crippen molar-refractivity contribution in [3.8, 4) is 0 Å². The van der Waals surface area contributed by atoms with Gasteiger partial charge in [0, 0.05) is 11.0 Å². The SMILES string of the molecule is [N-]=[N+]=Nc1c(CO)cccc1[N+](=O)[O-]. The fraction of sp³-hybridized carbons (Fsp3) is 0.143. The maximum absolute atomic E-state index is 10.5. The first-order valence-corrected chi connectivity index (χ1v) is 3.63. The molecule has 0 saturated heterocycles. The first-order chi connectivity index (χ1) is 6.70. The third-order valence-corrected chi connectivity index (χ3v) is 1.61. The lowest BCUT2D eigenvalue weighted by Crippen LogP contribution is -1.91. The molecule has 0 spiro atoms. The number of aliphatic hydroxyl groups excluding tert-OH is 1. The number of nitrogens with zero attached hydrogens (tertiary/aromatic N) is 4. The Morgan fingerprint density at radius 2 is 2.36 bits per heavy atom. The van der Waals surface area contributed by atoms with Crippen LogP contribution >= 0.6 is 0 Å². The molecular formula is C7H6N4O3. The van der Waals surface area contributed by atoms with Gasteiger partial charge in [-0.05, 0) is 11.1 Å². The molecule has 14 heavy (non-hydrogen) atoms.